The van der Waals surface area contributed by atoms with Crippen LogP contribution < -0.4 is 19.5 Å². The molecule has 0 unspecified atom stereocenters. The standard InChI is InChI=1S/C20H23ClN2O5S/c1-27-19-9-5-4-8-17(19)22-20(24)13-28-18-11-10-15(12-16(18)21)29(25,26)23-14-6-2-3-7-14/h4-5,8-12,14,23H,2-3,6-7,13H2,1H3,(H,22,24). The summed E-state index contributed by atoms with van der Waals surface area (Å²) in [5, 5.41) is 2.80. The Balaban J connectivity index is 1.61. The fourth-order valence-electron chi connectivity index (χ4n) is 3.17. The molecule has 1 amide bonds. The highest BCUT2D eigenvalue weighted by Gasteiger charge is 2.23. The first kappa shape index (κ1) is 21.4. The number of hydrogen-bond donors (Lipinski definition) is 2. The van der Waals surface area contributed by atoms with Crippen molar-refractivity contribution in [3.8, 4) is 11.5 Å². The largest absolute Gasteiger partial charge is 0.495 e. The molecule has 29 heavy (non-hydrogen) atoms. The Morgan fingerprint density at radius 1 is 1.14 bits per heavy atom. The van der Waals surface area contributed by atoms with Gasteiger partial charge in [0.15, 0.2) is 6.61 Å². The molecule has 0 saturated heterocycles. The van der Waals surface area contributed by atoms with E-state index in [1.807, 2.05) is 0 Å². The third-order valence-electron chi connectivity index (χ3n) is 4.63. The molecule has 7 nitrogen and oxygen atoms in total. The number of amides is 1. The van der Waals surface area contributed by atoms with E-state index < -0.39 is 15.9 Å². The molecular formula is C20H23ClN2O5S. The normalized spacial score (nSPS) is 14.6. The van der Waals surface area contributed by atoms with Crippen LogP contribution in [0.15, 0.2) is 47.4 Å². The molecule has 0 atom stereocenters. The third-order valence-corrected chi connectivity index (χ3v) is 6.44. The SMILES string of the molecule is COc1ccccc1NC(=O)COc1ccc(S(=O)(=O)NC2CCCC2)cc1Cl. The number of benzene rings is 2. The van der Waals surface area contributed by atoms with Gasteiger partial charge in [-0.3, -0.25) is 4.79 Å². The Morgan fingerprint density at radius 3 is 2.55 bits per heavy atom. The number of carbonyl (C=O) groups is 1. The Labute approximate surface area is 175 Å². The summed E-state index contributed by atoms with van der Waals surface area (Å²) in [4.78, 5) is 12.2. The van der Waals surface area contributed by atoms with Gasteiger partial charge in [0.25, 0.3) is 5.91 Å². The third kappa shape index (κ3) is 5.62. The van der Waals surface area contributed by atoms with E-state index >= 15 is 0 Å². The van der Waals surface area contributed by atoms with Crippen LogP contribution in [-0.2, 0) is 14.8 Å². The minimum Gasteiger partial charge on any atom is -0.495 e. The molecule has 0 radical (unpaired) electrons. The molecule has 156 valence electrons. The molecule has 0 heterocycles. The van der Waals surface area contributed by atoms with Crippen LogP contribution in [-0.4, -0.2) is 34.1 Å². The number of hydrogen-bond acceptors (Lipinski definition) is 5. The summed E-state index contributed by atoms with van der Waals surface area (Å²) < 4.78 is 38.3. The monoisotopic (exact) mass is 438 g/mol. The van der Waals surface area contributed by atoms with Crippen molar-refractivity contribution >= 4 is 33.2 Å². The second-order valence-corrected chi connectivity index (χ2v) is 8.85. The van der Waals surface area contributed by atoms with Crippen LogP contribution in [0.25, 0.3) is 0 Å². The molecule has 2 aromatic rings. The average Bonchev–Trinajstić information content (AvgIpc) is 3.19. The quantitative estimate of drug-likeness (QED) is 0.656. The first-order valence-electron chi connectivity index (χ1n) is 9.26. The van der Waals surface area contributed by atoms with Crippen LogP contribution in [0.5, 0.6) is 11.5 Å². The van der Waals surface area contributed by atoms with Crippen molar-refractivity contribution in [2.24, 2.45) is 0 Å². The van der Waals surface area contributed by atoms with Crippen molar-refractivity contribution in [1.82, 2.24) is 4.72 Å². The molecule has 9 heteroatoms. The lowest BCUT2D eigenvalue weighted by molar-refractivity contribution is -0.118. The number of halogens is 1. The summed E-state index contributed by atoms with van der Waals surface area (Å²) in [6, 6.07) is 11.2. The summed E-state index contributed by atoms with van der Waals surface area (Å²) >= 11 is 6.17. The van der Waals surface area contributed by atoms with Gasteiger partial charge in [-0.2, -0.15) is 0 Å². The predicted octanol–water partition coefficient (Wildman–Crippen LogP) is 3.59. The zero-order valence-corrected chi connectivity index (χ0v) is 17.6. The lowest BCUT2D eigenvalue weighted by Gasteiger charge is -2.14. The van der Waals surface area contributed by atoms with Crippen molar-refractivity contribution in [3.63, 3.8) is 0 Å². The molecule has 2 aromatic carbocycles. The van der Waals surface area contributed by atoms with Crippen molar-refractivity contribution in [2.75, 3.05) is 19.0 Å². The highest BCUT2D eigenvalue weighted by molar-refractivity contribution is 7.89. The maximum absolute atomic E-state index is 12.5. The van der Waals surface area contributed by atoms with Crippen molar-refractivity contribution in [2.45, 2.75) is 36.6 Å². The van der Waals surface area contributed by atoms with Crippen molar-refractivity contribution in [3.05, 3.63) is 47.5 Å². The van der Waals surface area contributed by atoms with Crippen LogP contribution in [0.3, 0.4) is 0 Å². The summed E-state index contributed by atoms with van der Waals surface area (Å²) in [6.45, 7) is -0.288. The highest BCUT2D eigenvalue weighted by Crippen LogP contribution is 2.29. The topological polar surface area (TPSA) is 93.7 Å². The second kappa shape index (κ2) is 9.47. The molecule has 1 aliphatic carbocycles. The Hall–Kier alpha value is -2.29. The molecular weight excluding hydrogens is 416 g/mol. The van der Waals surface area contributed by atoms with Crippen molar-refractivity contribution in [1.29, 1.82) is 0 Å². The maximum Gasteiger partial charge on any atom is 0.262 e. The first-order valence-corrected chi connectivity index (χ1v) is 11.1. The molecule has 1 saturated carbocycles. The Morgan fingerprint density at radius 2 is 1.86 bits per heavy atom. The summed E-state index contributed by atoms with van der Waals surface area (Å²) in [5.41, 5.74) is 0.522. The molecule has 3 rings (SSSR count). The number of carbonyl (C=O) groups excluding carboxylic acids is 1. The lowest BCUT2D eigenvalue weighted by Crippen LogP contribution is -2.32. The molecule has 1 fully saturated rings. The molecule has 1 aliphatic rings. The molecule has 2 N–H and O–H groups in total. The van der Waals surface area contributed by atoms with Gasteiger partial charge in [-0.15, -0.1) is 0 Å². The zero-order valence-electron chi connectivity index (χ0n) is 16.0. The van der Waals surface area contributed by atoms with Crippen LogP contribution in [0.4, 0.5) is 5.69 Å². The number of rotatable bonds is 8. The van der Waals surface area contributed by atoms with Crippen LogP contribution >= 0.6 is 11.6 Å². The van der Waals surface area contributed by atoms with E-state index in [1.54, 1.807) is 24.3 Å². The number of ether oxygens (including phenoxy) is 2. The van der Waals surface area contributed by atoms with Gasteiger partial charge < -0.3 is 14.8 Å². The smallest absolute Gasteiger partial charge is 0.262 e. The van der Waals surface area contributed by atoms with E-state index in [9.17, 15) is 13.2 Å². The van der Waals surface area contributed by atoms with Gasteiger partial charge in [0, 0.05) is 6.04 Å². The van der Waals surface area contributed by atoms with Gasteiger partial charge in [-0.25, -0.2) is 13.1 Å². The van der Waals surface area contributed by atoms with Gasteiger partial charge in [0.1, 0.15) is 11.5 Å². The Bertz CT molecular complexity index is 975. The second-order valence-electron chi connectivity index (χ2n) is 6.73. The predicted molar refractivity (Wildman–Crippen MR) is 111 cm³/mol. The van der Waals surface area contributed by atoms with Crippen molar-refractivity contribution < 1.29 is 22.7 Å². The number of nitrogens with one attached hydrogen (secondary N) is 2. The maximum atomic E-state index is 12.5. The molecule has 0 aliphatic heterocycles. The number of anilines is 1. The highest BCUT2D eigenvalue weighted by atomic mass is 35.5. The number of para-hydroxylation sites is 2. The summed E-state index contributed by atoms with van der Waals surface area (Å²) in [5.74, 6) is 0.357. The van der Waals surface area contributed by atoms with E-state index in [0.717, 1.165) is 25.7 Å². The number of sulfonamides is 1. The van der Waals surface area contributed by atoms with E-state index in [4.69, 9.17) is 21.1 Å². The summed E-state index contributed by atoms with van der Waals surface area (Å²) in [7, 11) is -2.13. The lowest BCUT2D eigenvalue weighted by atomic mass is 10.3. The van der Waals surface area contributed by atoms with Gasteiger partial charge in [-0.1, -0.05) is 36.6 Å². The van der Waals surface area contributed by atoms with Crippen LogP contribution in [0, 0.1) is 0 Å². The fourth-order valence-corrected chi connectivity index (χ4v) is 4.80. The first-order chi connectivity index (χ1) is 13.9. The molecule has 0 bridgehead atoms. The minimum absolute atomic E-state index is 0.0339. The average molecular weight is 439 g/mol. The molecule has 0 aromatic heterocycles. The fraction of sp³-hybridized carbons (Fsp3) is 0.350. The number of methoxy groups -OCH3 is 1. The van der Waals surface area contributed by atoms with Crippen LogP contribution in [0.2, 0.25) is 5.02 Å². The summed E-state index contributed by atoms with van der Waals surface area (Å²) in [6.07, 6.45) is 3.74. The Kier molecular flexibility index (Phi) is 7.00. The van der Waals surface area contributed by atoms with E-state index in [-0.39, 0.29) is 28.3 Å². The van der Waals surface area contributed by atoms with E-state index in [0.29, 0.717) is 11.4 Å². The van der Waals surface area contributed by atoms with Crippen LogP contribution in [0.1, 0.15) is 25.7 Å². The van der Waals surface area contributed by atoms with E-state index in [2.05, 4.69) is 10.0 Å². The van der Waals surface area contributed by atoms with Gasteiger partial charge >= 0.3 is 0 Å². The molecule has 0 spiro atoms. The minimum atomic E-state index is -3.65. The van der Waals surface area contributed by atoms with Gasteiger partial charge in [0.05, 0.1) is 22.7 Å². The van der Waals surface area contributed by atoms with Gasteiger partial charge in [-0.05, 0) is 43.2 Å². The van der Waals surface area contributed by atoms with Gasteiger partial charge in [0.2, 0.25) is 10.0 Å². The van der Waals surface area contributed by atoms with E-state index in [1.165, 1.54) is 25.3 Å². The zero-order chi connectivity index (χ0) is 20.9.